The van der Waals surface area contributed by atoms with Crippen LogP contribution in [0, 0.1) is 5.92 Å². The number of hydrogen-bond donors (Lipinski definition) is 2. The molecule has 0 aromatic heterocycles. The zero-order chi connectivity index (χ0) is 15.0. The Labute approximate surface area is 126 Å². The largest absolute Gasteiger partial charge is 0.393 e. The number of amides is 1. The molecule has 1 aromatic rings. The van der Waals surface area contributed by atoms with E-state index >= 15 is 0 Å². The summed E-state index contributed by atoms with van der Waals surface area (Å²) < 4.78 is 0. The van der Waals surface area contributed by atoms with Crippen LogP contribution >= 0.6 is 0 Å². The Kier molecular flexibility index (Phi) is 3.89. The highest BCUT2D eigenvalue weighted by molar-refractivity contribution is 5.86. The summed E-state index contributed by atoms with van der Waals surface area (Å²) in [5.41, 5.74) is 2.20. The van der Waals surface area contributed by atoms with Gasteiger partial charge in [-0.1, -0.05) is 18.2 Å². The summed E-state index contributed by atoms with van der Waals surface area (Å²) in [4.78, 5) is 14.7. The van der Waals surface area contributed by atoms with E-state index in [1.165, 1.54) is 0 Å². The molecule has 1 aliphatic carbocycles. The first-order valence-corrected chi connectivity index (χ1v) is 7.83. The van der Waals surface area contributed by atoms with E-state index in [4.69, 9.17) is 0 Å². The number of anilines is 1. The molecule has 2 unspecified atom stereocenters. The van der Waals surface area contributed by atoms with Crippen molar-refractivity contribution in [3.8, 4) is 0 Å². The van der Waals surface area contributed by atoms with Gasteiger partial charge in [0.25, 0.3) is 0 Å². The van der Waals surface area contributed by atoms with Gasteiger partial charge in [-0.25, -0.2) is 0 Å². The normalized spacial score (nSPS) is 30.8. The number of carbonyl (C=O) groups excluding carboxylic acids is 1. The highest BCUT2D eigenvalue weighted by atomic mass is 16.3. The SMILES string of the molecule is CC1CC(C(=O)N(C)CC2CC(O)C2)c2ccccc2N1. The van der Waals surface area contributed by atoms with E-state index < -0.39 is 0 Å². The topological polar surface area (TPSA) is 52.6 Å². The third-order valence-corrected chi connectivity index (χ3v) is 4.74. The summed E-state index contributed by atoms with van der Waals surface area (Å²) in [6.45, 7) is 2.88. The number of aliphatic hydroxyl groups is 1. The Morgan fingerprint density at radius 3 is 2.76 bits per heavy atom. The van der Waals surface area contributed by atoms with E-state index in [0.717, 1.165) is 37.1 Å². The van der Waals surface area contributed by atoms with Gasteiger partial charge in [-0.2, -0.15) is 0 Å². The molecule has 21 heavy (non-hydrogen) atoms. The quantitative estimate of drug-likeness (QED) is 0.896. The second-order valence-electron chi connectivity index (χ2n) is 6.63. The van der Waals surface area contributed by atoms with Gasteiger partial charge < -0.3 is 15.3 Å². The number of nitrogens with zero attached hydrogens (tertiary/aromatic N) is 1. The van der Waals surface area contributed by atoms with Crippen molar-refractivity contribution < 1.29 is 9.90 Å². The Morgan fingerprint density at radius 2 is 2.05 bits per heavy atom. The van der Waals surface area contributed by atoms with Gasteiger partial charge in [-0.3, -0.25) is 4.79 Å². The van der Waals surface area contributed by atoms with Crippen molar-refractivity contribution in [2.45, 2.75) is 44.2 Å². The molecule has 4 nitrogen and oxygen atoms in total. The van der Waals surface area contributed by atoms with Crippen LogP contribution in [0.2, 0.25) is 0 Å². The third-order valence-electron chi connectivity index (χ3n) is 4.74. The van der Waals surface area contributed by atoms with Crippen LogP contribution in [-0.2, 0) is 4.79 Å². The van der Waals surface area contributed by atoms with Gasteiger partial charge in [0.15, 0.2) is 0 Å². The molecule has 2 aliphatic rings. The van der Waals surface area contributed by atoms with E-state index in [9.17, 15) is 9.90 Å². The van der Waals surface area contributed by atoms with Crippen LogP contribution < -0.4 is 5.32 Å². The molecule has 2 atom stereocenters. The van der Waals surface area contributed by atoms with Gasteiger partial charge in [-0.15, -0.1) is 0 Å². The maximum atomic E-state index is 12.8. The first kappa shape index (κ1) is 14.4. The van der Waals surface area contributed by atoms with Gasteiger partial charge in [0, 0.05) is 25.3 Å². The second-order valence-corrected chi connectivity index (χ2v) is 6.63. The Balaban J connectivity index is 1.72. The minimum atomic E-state index is -0.155. The van der Waals surface area contributed by atoms with E-state index in [-0.39, 0.29) is 17.9 Å². The molecular formula is C17H24N2O2. The summed E-state index contributed by atoms with van der Waals surface area (Å²) in [6, 6.07) is 8.42. The molecule has 1 fully saturated rings. The van der Waals surface area contributed by atoms with E-state index in [1.54, 1.807) is 0 Å². The number of carbonyl (C=O) groups is 1. The zero-order valence-electron chi connectivity index (χ0n) is 12.7. The number of rotatable bonds is 3. The molecule has 0 bridgehead atoms. The summed E-state index contributed by atoms with van der Waals surface area (Å²) in [5, 5.41) is 12.8. The van der Waals surface area contributed by atoms with Crippen molar-refractivity contribution in [3.05, 3.63) is 29.8 Å². The predicted octanol–water partition coefficient (Wildman–Crippen LogP) is 2.20. The molecular weight excluding hydrogens is 264 g/mol. The molecule has 4 heteroatoms. The molecule has 2 N–H and O–H groups in total. The number of hydrogen-bond acceptors (Lipinski definition) is 3. The van der Waals surface area contributed by atoms with Gasteiger partial charge in [0.2, 0.25) is 5.91 Å². The average molecular weight is 288 g/mol. The minimum absolute atomic E-state index is 0.0487. The van der Waals surface area contributed by atoms with E-state index in [2.05, 4.69) is 18.3 Å². The van der Waals surface area contributed by atoms with Gasteiger partial charge in [-0.05, 0) is 43.7 Å². The monoisotopic (exact) mass is 288 g/mol. The van der Waals surface area contributed by atoms with Crippen molar-refractivity contribution >= 4 is 11.6 Å². The van der Waals surface area contributed by atoms with Crippen molar-refractivity contribution in [2.75, 3.05) is 18.9 Å². The maximum Gasteiger partial charge on any atom is 0.230 e. The van der Waals surface area contributed by atoms with E-state index in [1.807, 2.05) is 30.1 Å². The molecule has 0 spiro atoms. The van der Waals surface area contributed by atoms with Crippen molar-refractivity contribution in [1.29, 1.82) is 0 Å². The van der Waals surface area contributed by atoms with Gasteiger partial charge in [0.1, 0.15) is 0 Å². The second kappa shape index (κ2) is 5.68. The number of fused-ring (bicyclic) bond motifs is 1. The van der Waals surface area contributed by atoms with E-state index in [0.29, 0.717) is 12.0 Å². The number of benzene rings is 1. The van der Waals surface area contributed by atoms with Crippen molar-refractivity contribution in [1.82, 2.24) is 4.90 Å². The Bertz CT molecular complexity index is 525. The molecule has 114 valence electrons. The predicted molar refractivity (Wildman–Crippen MR) is 83.3 cm³/mol. The van der Waals surface area contributed by atoms with Crippen LogP contribution in [0.5, 0.6) is 0 Å². The average Bonchev–Trinajstić information content (AvgIpc) is 2.43. The summed E-state index contributed by atoms with van der Waals surface area (Å²) in [5.74, 6) is 0.618. The van der Waals surface area contributed by atoms with Crippen LogP contribution in [0.3, 0.4) is 0 Å². The fourth-order valence-electron chi connectivity index (χ4n) is 3.56. The number of likely N-dealkylation sites (N-methyl/N-ethyl adjacent to an activating group) is 1. The third kappa shape index (κ3) is 2.91. The van der Waals surface area contributed by atoms with Crippen molar-refractivity contribution in [3.63, 3.8) is 0 Å². The number of nitrogens with one attached hydrogen (secondary N) is 1. The summed E-state index contributed by atoms with van der Waals surface area (Å²) >= 11 is 0. The highest BCUT2D eigenvalue weighted by Crippen LogP contribution is 2.36. The first-order valence-electron chi connectivity index (χ1n) is 7.83. The van der Waals surface area contributed by atoms with Crippen LogP contribution in [0.4, 0.5) is 5.69 Å². The smallest absolute Gasteiger partial charge is 0.230 e. The molecule has 1 amide bonds. The molecule has 0 saturated heterocycles. The van der Waals surface area contributed by atoms with Crippen LogP contribution in [-0.4, -0.2) is 41.7 Å². The maximum absolute atomic E-state index is 12.8. The molecule has 1 aliphatic heterocycles. The fourth-order valence-corrected chi connectivity index (χ4v) is 3.56. The standard InChI is InChI=1S/C17H24N2O2/c1-11-7-15(14-5-3-4-6-16(14)18-11)17(21)19(2)10-12-8-13(20)9-12/h3-6,11-13,15,18,20H,7-10H2,1-2H3. The molecule has 1 saturated carbocycles. The van der Waals surface area contributed by atoms with Gasteiger partial charge >= 0.3 is 0 Å². The van der Waals surface area contributed by atoms with Gasteiger partial charge in [0.05, 0.1) is 12.0 Å². The highest BCUT2D eigenvalue weighted by Gasteiger charge is 2.34. The molecule has 3 rings (SSSR count). The minimum Gasteiger partial charge on any atom is -0.393 e. The number of aliphatic hydroxyl groups excluding tert-OH is 1. The van der Waals surface area contributed by atoms with Crippen molar-refractivity contribution in [2.24, 2.45) is 5.92 Å². The lowest BCUT2D eigenvalue weighted by molar-refractivity contribution is -0.133. The summed E-state index contributed by atoms with van der Waals surface area (Å²) in [6.07, 6.45) is 2.35. The molecule has 1 heterocycles. The fraction of sp³-hybridized carbons (Fsp3) is 0.588. The lowest BCUT2D eigenvalue weighted by atomic mass is 9.81. The Hall–Kier alpha value is -1.55. The molecule has 0 radical (unpaired) electrons. The van der Waals surface area contributed by atoms with Crippen LogP contribution in [0.1, 0.15) is 37.7 Å². The number of para-hydroxylation sites is 1. The molecule has 1 aromatic carbocycles. The summed E-state index contributed by atoms with van der Waals surface area (Å²) in [7, 11) is 1.89. The van der Waals surface area contributed by atoms with Crippen LogP contribution in [0.25, 0.3) is 0 Å². The Morgan fingerprint density at radius 1 is 1.33 bits per heavy atom. The lowest BCUT2D eigenvalue weighted by Gasteiger charge is -2.37. The first-order chi connectivity index (χ1) is 10.0. The van der Waals surface area contributed by atoms with Crippen LogP contribution in [0.15, 0.2) is 24.3 Å². The zero-order valence-corrected chi connectivity index (χ0v) is 12.7. The lowest BCUT2D eigenvalue weighted by Crippen LogP contribution is -2.42.